The molecule has 7 heteroatoms. The van der Waals surface area contributed by atoms with E-state index in [2.05, 4.69) is 32.7 Å². The van der Waals surface area contributed by atoms with Crippen LogP contribution in [-0.2, 0) is 0 Å². The molecule has 25 heavy (non-hydrogen) atoms. The van der Waals surface area contributed by atoms with Crippen molar-refractivity contribution >= 4 is 22.6 Å². The van der Waals surface area contributed by atoms with Crippen molar-refractivity contribution in [2.75, 3.05) is 7.11 Å². The highest BCUT2D eigenvalue weighted by Gasteiger charge is 2.17. The summed E-state index contributed by atoms with van der Waals surface area (Å²) in [6.07, 6.45) is 4.29. The van der Waals surface area contributed by atoms with Crippen molar-refractivity contribution in [1.82, 2.24) is 25.8 Å². The van der Waals surface area contributed by atoms with E-state index >= 15 is 0 Å². The van der Waals surface area contributed by atoms with Gasteiger partial charge in [0.2, 0.25) is 0 Å². The molecule has 3 aromatic rings. The Balaban J connectivity index is 1.90. The van der Waals surface area contributed by atoms with Gasteiger partial charge in [0.05, 0.1) is 12.6 Å². The summed E-state index contributed by atoms with van der Waals surface area (Å²) in [5.74, 6) is 2.82. The van der Waals surface area contributed by atoms with Crippen LogP contribution >= 0.6 is 0 Å². The van der Waals surface area contributed by atoms with Crippen LogP contribution in [0.4, 0.5) is 5.82 Å². The van der Waals surface area contributed by atoms with E-state index in [0.29, 0.717) is 17.7 Å². The topological polar surface area (TPSA) is 84.3 Å². The Kier molecular flexibility index (Phi) is 3.99. The molecule has 2 aromatic heterocycles. The molecule has 0 bridgehead atoms. The minimum Gasteiger partial charge on any atom is -0.497 e. The van der Waals surface area contributed by atoms with Crippen LogP contribution in [0.1, 0.15) is 13.3 Å². The predicted molar refractivity (Wildman–Crippen MR) is 96.8 cm³/mol. The van der Waals surface area contributed by atoms with Crippen LogP contribution in [-0.4, -0.2) is 33.9 Å². The van der Waals surface area contributed by atoms with Crippen molar-refractivity contribution in [3.63, 3.8) is 0 Å². The van der Waals surface area contributed by atoms with E-state index < -0.39 is 0 Å². The number of pyridine rings is 1. The molecule has 2 N–H and O–H groups in total. The third kappa shape index (κ3) is 3.14. The lowest BCUT2D eigenvalue weighted by Crippen LogP contribution is -2.29. The third-order valence-electron chi connectivity index (χ3n) is 4.01. The van der Waals surface area contributed by atoms with Gasteiger partial charge in [-0.25, -0.2) is 20.4 Å². The maximum atomic E-state index is 5.34. The first-order chi connectivity index (χ1) is 12.2. The smallest absolute Gasteiger partial charge is 0.165 e. The van der Waals surface area contributed by atoms with Crippen LogP contribution < -0.4 is 15.6 Å². The summed E-state index contributed by atoms with van der Waals surface area (Å²) < 4.78 is 5.34. The number of aliphatic imine (C=N–C) groups is 1. The minimum absolute atomic E-state index is 0.333. The van der Waals surface area contributed by atoms with Gasteiger partial charge >= 0.3 is 0 Å². The summed E-state index contributed by atoms with van der Waals surface area (Å²) in [5, 5.41) is 0.848. The second kappa shape index (κ2) is 6.45. The molecule has 1 atom stereocenters. The molecule has 1 aliphatic heterocycles. The Hall–Kier alpha value is -3.06. The van der Waals surface area contributed by atoms with Gasteiger partial charge in [0.1, 0.15) is 11.6 Å². The van der Waals surface area contributed by atoms with E-state index in [-0.39, 0.29) is 0 Å². The van der Waals surface area contributed by atoms with Crippen LogP contribution in [0.25, 0.3) is 22.3 Å². The second-order valence-corrected chi connectivity index (χ2v) is 5.93. The van der Waals surface area contributed by atoms with Crippen LogP contribution in [0.5, 0.6) is 5.75 Å². The first kappa shape index (κ1) is 15.5. The average molecular weight is 334 g/mol. The quantitative estimate of drug-likeness (QED) is 0.766. The zero-order valence-corrected chi connectivity index (χ0v) is 14.0. The third-order valence-corrected chi connectivity index (χ3v) is 4.01. The number of fused-ring (bicyclic) bond motifs is 1. The summed E-state index contributed by atoms with van der Waals surface area (Å²) >= 11 is 0. The van der Waals surface area contributed by atoms with Crippen molar-refractivity contribution in [2.45, 2.75) is 19.4 Å². The standard InChI is InChI=1S/C18H18N6O/c1-11-8-16(24-23-11)21-18-14-9-13(25-2)5-6-15(14)20-17(22-18)12-4-3-7-19-10-12/h3-7,9-11,23H,8H2,1-2H3,(H,20,21,22,24). The monoisotopic (exact) mass is 334 g/mol. The van der Waals surface area contributed by atoms with Gasteiger partial charge in [-0.05, 0) is 37.3 Å². The summed E-state index contributed by atoms with van der Waals surface area (Å²) in [6.45, 7) is 2.09. The van der Waals surface area contributed by atoms with E-state index in [1.165, 1.54) is 0 Å². The molecule has 0 amide bonds. The summed E-state index contributed by atoms with van der Waals surface area (Å²) in [7, 11) is 1.64. The fourth-order valence-corrected chi connectivity index (χ4v) is 2.73. The number of hydrogen-bond donors (Lipinski definition) is 2. The zero-order valence-electron chi connectivity index (χ0n) is 14.0. The molecule has 1 aromatic carbocycles. The number of hydrogen-bond acceptors (Lipinski definition) is 6. The number of methoxy groups -OCH3 is 1. The number of rotatable bonds is 3. The Morgan fingerprint density at radius 3 is 2.88 bits per heavy atom. The van der Waals surface area contributed by atoms with Gasteiger partial charge in [0.25, 0.3) is 0 Å². The molecule has 7 nitrogen and oxygen atoms in total. The maximum absolute atomic E-state index is 5.34. The minimum atomic E-state index is 0.333. The Labute approximate surface area is 145 Å². The van der Waals surface area contributed by atoms with E-state index in [1.807, 2.05) is 30.3 Å². The number of ether oxygens (including phenoxy) is 1. The fraction of sp³-hybridized carbons (Fsp3) is 0.222. The number of benzene rings is 1. The molecular weight excluding hydrogens is 316 g/mol. The SMILES string of the molecule is COc1ccc2nc(-c3cccnc3)nc(N=C3CC(C)NN3)c2c1. The highest BCUT2D eigenvalue weighted by Crippen LogP contribution is 2.30. The van der Waals surface area contributed by atoms with Crippen molar-refractivity contribution in [3.8, 4) is 17.1 Å². The van der Waals surface area contributed by atoms with Gasteiger partial charge in [-0.15, -0.1) is 0 Å². The average Bonchev–Trinajstić information content (AvgIpc) is 3.06. The molecule has 1 saturated heterocycles. The lowest BCUT2D eigenvalue weighted by molar-refractivity contribution is 0.415. The fourth-order valence-electron chi connectivity index (χ4n) is 2.73. The van der Waals surface area contributed by atoms with Crippen LogP contribution in [0.15, 0.2) is 47.7 Å². The number of hydrazine groups is 1. The first-order valence-electron chi connectivity index (χ1n) is 8.08. The lowest BCUT2D eigenvalue weighted by atomic mass is 10.2. The molecule has 0 spiro atoms. The number of nitrogens with one attached hydrogen (secondary N) is 2. The number of nitrogens with zero attached hydrogens (tertiary/aromatic N) is 4. The predicted octanol–water partition coefficient (Wildman–Crippen LogP) is 2.62. The van der Waals surface area contributed by atoms with Crippen LogP contribution in [0.2, 0.25) is 0 Å². The highest BCUT2D eigenvalue weighted by atomic mass is 16.5. The molecule has 0 aliphatic carbocycles. The van der Waals surface area contributed by atoms with Gasteiger partial charge in [0, 0.05) is 35.8 Å². The summed E-state index contributed by atoms with van der Waals surface area (Å²) in [5.41, 5.74) is 7.92. The van der Waals surface area contributed by atoms with Gasteiger partial charge in [0.15, 0.2) is 11.6 Å². The molecule has 0 radical (unpaired) electrons. The Bertz CT molecular complexity index is 941. The maximum Gasteiger partial charge on any atom is 0.165 e. The van der Waals surface area contributed by atoms with E-state index in [1.54, 1.807) is 19.5 Å². The zero-order chi connectivity index (χ0) is 17.2. The van der Waals surface area contributed by atoms with Crippen molar-refractivity contribution < 1.29 is 4.74 Å². The largest absolute Gasteiger partial charge is 0.497 e. The van der Waals surface area contributed by atoms with Gasteiger partial charge in [-0.1, -0.05) is 0 Å². The molecule has 1 unspecified atom stereocenters. The van der Waals surface area contributed by atoms with Gasteiger partial charge < -0.3 is 10.2 Å². The number of amidine groups is 1. The summed E-state index contributed by atoms with van der Waals surface area (Å²) in [6, 6.07) is 9.85. The van der Waals surface area contributed by atoms with Crippen molar-refractivity contribution in [2.24, 2.45) is 4.99 Å². The molecule has 1 aliphatic rings. The van der Waals surface area contributed by atoms with Gasteiger partial charge in [-0.2, -0.15) is 0 Å². The normalized spacial score (nSPS) is 18.5. The van der Waals surface area contributed by atoms with Crippen LogP contribution in [0.3, 0.4) is 0 Å². The Morgan fingerprint density at radius 1 is 1.24 bits per heavy atom. The molecule has 0 saturated carbocycles. The molecule has 3 heterocycles. The highest BCUT2D eigenvalue weighted by molar-refractivity contribution is 5.95. The van der Waals surface area contributed by atoms with Crippen molar-refractivity contribution in [3.05, 3.63) is 42.7 Å². The molecule has 126 valence electrons. The lowest BCUT2D eigenvalue weighted by Gasteiger charge is -2.08. The summed E-state index contributed by atoms with van der Waals surface area (Å²) in [4.78, 5) is 18.2. The molecular formula is C18H18N6O. The Morgan fingerprint density at radius 2 is 2.16 bits per heavy atom. The van der Waals surface area contributed by atoms with Crippen molar-refractivity contribution in [1.29, 1.82) is 0 Å². The van der Waals surface area contributed by atoms with Crippen LogP contribution in [0, 0.1) is 0 Å². The second-order valence-electron chi connectivity index (χ2n) is 5.93. The van der Waals surface area contributed by atoms with E-state index in [9.17, 15) is 0 Å². The molecule has 4 rings (SSSR count). The van der Waals surface area contributed by atoms with Gasteiger partial charge in [-0.3, -0.25) is 4.98 Å². The first-order valence-corrected chi connectivity index (χ1v) is 8.08. The van der Waals surface area contributed by atoms with E-state index in [0.717, 1.165) is 34.5 Å². The number of aromatic nitrogens is 3. The van der Waals surface area contributed by atoms with E-state index in [4.69, 9.17) is 9.73 Å². The molecule has 1 fully saturated rings.